The van der Waals surface area contributed by atoms with Crippen molar-refractivity contribution in [1.82, 2.24) is 10.2 Å². The van der Waals surface area contributed by atoms with Gasteiger partial charge in [-0.3, -0.25) is 9.59 Å². The molecule has 9 heteroatoms. The van der Waals surface area contributed by atoms with Gasteiger partial charge in [0.15, 0.2) is 0 Å². The van der Waals surface area contributed by atoms with E-state index in [4.69, 9.17) is 46.4 Å². The van der Waals surface area contributed by atoms with Crippen molar-refractivity contribution >= 4 is 70.0 Å². The number of halogens is 4. The number of rotatable bonds is 11. The molecule has 0 saturated carbocycles. The van der Waals surface area contributed by atoms with Gasteiger partial charge in [0.05, 0.1) is 5.75 Å². The summed E-state index contributed by atoms with van der Waals surface area (Å²) in [6, 6.07) is 9.84. The van der Waals surface area contributed by atoms with Crippen LogP contribution in [0.4, 0.5) is 0 Å². The van der Waals surface area contributed by atoms with E-state index in [9.17, 15) is 9.59 Å². The molecule has 0 aliphatic rings. The summed E-state index contributed by atoms with van der Waals surface area (Å²) in [7, 11) is 0. The van der Waals surface area contributed by atoms with Crippen molar-refractivity contribution in [3.63, 3.8) is 0 Å². The maximum atomic E-state index is 13.3. The predicted octanol–water partition coefficient (Wildman–Crippen LogP) is 7.11. The third kappa shape index (κ3) is 8.88. The molecule has 1 atom stereocenters. The van der Waals surface area contributed by atoms with Crippen LogP contribution in [0.2, 0.25) is 20.1 Å². The highest BCUT2D eigenvalue weighted by Crippen LogP contribution is 2.27. The second-order valence-corrected chi connectivity index (χ2v) is 10.7. The Balaban J connectivity index is 2.18. The maximum Gasteiger partial charge on any atom is 0.242 e. The summed E-state index contributed by atoms with van der Waals surface area (Å²) >= 11 is 26.0. The van der Waals surface area contributed by atoms with E-state index in [-0.39, 0.29) is 24.1 Å². The van der Waals surface area contributed by atoms with Gasteiger partial charge in [0.25, 0.3) is 0 Å². The number of carbonyl (C=O) groups is 2. The number of hydrogen-bond donors (Lipinski definition) is 1. The van der Waals surface area contributed by atoms with Gasteiger partial charge in [0, 0.05) is 38.9 Å². The molecule has 0 radical (unpaired) electrons. The minimum atomic E-state index is -0.609. The van der Waals surface area contributed by atoms with E-state index in [0.29, 0.717) is 44.7 Å². The van der Waals surface area contributed by atoms with Crippen molar-refractivity contribution < 1.29 is 9.59 Å². The van der Waals surface area contributed by atoms with Gasteiger partial charge in [-0.2, -0.15) is 0 Å². The number of benzene rings is 2. The minimum Gasteiger partial charge on any atom is -0.354 e. The monoisotopic (exact) mass is 548 g/mol. The lowest BCUT2D eigenvalue weighted by Crippen LogP contribution is -2.50. The van der Waals surface area contributed by atoms with Gasteiger partial charge in [-0.25, -0.2) is 0 Å². The number of nitrogens with zero attached hydrogens (tertiary/aromatic N) is 1. The van der Waals surface area contributed by atoms with Crippen LogP contribution < -0.4 is 5.32 Å². The van der Waals surface area contributed by atoms with E-state index in [1.165, 1.54) is 11.8 Å². The summed E-state index contributed by atoms with van der Waals surface area (Å²) in [4.78, 5) is 27.8. The van der Waals surface area contributed by atoms with E-state index in [1.807, 2.05) is 26.8 Å². The SMILES string of the molecule is CCC(C(=O)NCC(C)C)N(Cc1ccc(Cl)cc1Cl)C(=O)CSCc1ccc(Cl)cc1Cl. The number of nitrogens with one attached hydrogen (secondary N) is 1. The average molecular weight is 550 g/mol. The molecule has 0 aliphatic carbocycles. The van der Waals surface area contributed by atoms with Gasteiger partial charge in [-0.05, 0) is 47.7 Å². The molecule has 0 spiro atoms. The molecule has 1 unspecified atom stereocenters. The van der Waals surface area contributed by atoms with E-state index in [1.54, 1.807) is 35.2 Å². The third-order valence-corrected chi connectivity index (χ3v) is 7.06. The van der Waals surface area contributed by atoms with Crippen molar-refractivity contribution in [2.24, 2.45) is 5.92 Å². The quantitative estimate of drug-likeness (QED) is 0.325. The highest BCUT2D eigenvalue weighted by molar-refractivity contribution is 7.99. The molecule has 2 amide bonds. The molecule has 0 heterocycles. The molecule has 2 aromatic carbocycles. The van der Waals surface area contributed by atoms with Crippen LogP contribution in [0, 0.1) is 5.92 Å². The fourth-order valence-electron chi connectivity index (χ4n) is 3.15. The first-order valence-electron chi connectivity index (χ1n) is 10.6. The largest absolute Gasteiger partial charge is 0.354 e. The van der Waals surface area contributed by atoms with E-state index in [0.717, 1.165) is 11.1 Å². The Bertz CT molecular complexity index is 971. The highest BCUT2D eigenvalue weighted by atomic mass is 35.5. The van der Waals surface area contributed by atoms with Crippen molar-refractivity contribution in [3.8, 4) is 0 Å². The van der Waals surface area contributed by atoms with Crippen molar-refractivity contribution in [2.75, 3.05) is 12.3 Å². The fraction of sp³-hybridized carbons (Fsp3) is 0.417. The normalized spacial score (nSPS) is 12.0. The Labute approximate surface area is 220 Å². The van der Waals surface area contributed by atoms with Gasteiger partial charge in [0.1, 0.15) is 6.04 Å². The molecule has 0 aliphatic heterocycles. The summed E-state index contributed by atoms with van der Waals surface area (Å²) in [5, 5.41) is 5.04. The number of carbonyl (C=O) groups excluding carboxylic acids is 2. The smallest absolute Gasteiger partial charge is 0.242 e. The summed E-state index contributed by atoms with van der Waals surface area (Å²) in [6.07, 6.45) is 0.481. The van der Waals surface area contributed by atoms with Crippen LogP contribution >= 0.6 is 58.2 Å². The average Bonchev–Trinajstić information content (AvgIpc) is 2.75. The molecule has 180 valence electrons. The molecular formula is C24H28Cl4N2O2S. The van der Waals surface area contributed by atoms with Crippen LogP contribution in [0.5, 0.6) is 0 Å². The van der Waals surface area contributed by atoms with Crippen LogP contribution in [0.1, 0.15) is 38.3 Å². The molecule has 0 bridgehead atoms. The van der Waals surface area contributed by atoms with Gasteiger partial charge in [-0.15, -0.1) is 11.8 Å². The molecule has 4 nitrogen and oxygen atoms in total. The first kappa shape index (κ1) is 28.1. The standard InChI is InChI=1S/C24H28Cl4N2O2S/c1-4-22(24(32)29-11-15(2)3)30(12-16-5-7-18(25)9-20(16)27)23(31)14-33-13-17-6-8-19(26)10-21(17)28/h5-10,15,22H,4,11-14H2,1-3H3,(H,29,32). The first-order chi connectivity index (χ1) is 15.6. The number of thioether (sulfide) groups is 1. The Morgan fingerprint density at radius 3 is 2.06 bits per heavy atom. The zero-order valence-electron chi connectivity index (χ0n) is 18.8. The summed E-state index contributed by atoms with van der Waals surface area (Å²) in [5.41, 5.74) is 1.63. The van der Waals surface area contributed by atoms with Crippen LogP contribution in [0.3, 0.4) is 0 Å². The van der Waals surface area contributed by atoms with Gasteiger partial charge in [0.2, 0.25) is 11.8 Å². The summed E-state index contributed by atoms with van der Waals surface area (Å²) < 4.78 is 0. The van der Waals surface area contributed by atoms with Gasteiger partial charge < -0.3 is 10.2 Å². The van der Waals surface area contributed by atoms with Crippen molar-refractivity contribution in [1.29, 1.82) is 0 Å². The Kier molecular flexibility index (Phi) is 11.7. The molecule has 2 rings (SSSR count). The number of hydrogen-bond acceptors (Lipinski definition) is 3. The van der Waals surface area contributed by atoms with Crippen LogP contribution in [-0.2, 0) is 21.9 Å². The Hall–Kier alpha value is -1.11. The Morgan fingerprint density at radius 1 is 0.970 bits per heavy atom. The molecule has 0 fully saturated rings. The van der Waals surface area contributed by atoms with Gasteiger partial charge >= 0.3 is 0 Å². The van der Waals surface area contributed by atoms with Crippen LogP contribution in [-0.4, -0.2) is 35.1 Å². The minimum absolute atomic E-state index is 0.150. The van der Waals surface area contributed by atoms with Crippen LogP contribution in [0.15, 0.2) is 36.4 Å². The molecular weight excluding hydrogens is 522 g/mol. The molecule has 0 saturated heterocycles. The second kappa shape index (κ2) is 13.7. The van der Waals surface area contributed by atoms with Crippen LogP contribution in [0.25, 0.3) is 0 Å². The highest BCUT2D eigenvalue weighted by Gasteiger charge is 2.29. The van der Waals surface area contributed by atoms with E-state index >= 15 is 0 Å². The lowest BCUT2D eigenvalue weighted by molar-refractivity contribution is -0.139. The molecule has 0 aromatic heterocycles. The maximum absolute atomic E-state index is 13.3. The summed E-state index contributed by atoms with van der Waals surface area (Å²) in [6.45, 7) is 6.70. The fourth-order valence-corrected chi connectivity index (χ4v) is 5.08. The first-order valence-corrected chi connectivity index (χ1v) is 13.3. The lowest BCUT2D eigenvalue weighted by atomic mass is 10.1. The number of amides is 2. The molecule has 2 aromatic rings. The topological polar surface area (TPSA) is 49.4 Å². The Morgan fingerprint density at radius 2 is 1.55 bits per heavy atom. The zero-order chi connectivity index (χ0) is 24.5. The second-order valence-electron chi connectivity index (χ2n) is 8.05. The zero-order valence-corrected chi connectivity index (χ0v) is 22.7. The lowest BCUT2D eigenvalue weighted by Gasteiger charge is -2.31. The van der Waals surface area contributed by atoms with E-state index < -0.39 is 6.04 Å². The van der Waals surface area contributed by atoms with Crippen molar-refractivity contribution in [2.45, 2.75) is 45.5 Å². The van der Waals surface area contributed by atoms with Crippen molar-refractivity contribution in [3.05, 3.63) is 67.6 Å². The molecule has 33 heavy (non-hydrogen) atoms. The molecule has 1 N–H and O–H groups in total. The van der Waals surface area contributed by atoms with E-state index in [2.05, 4.69) is 5.32 Å². The third-order valence-electron chi connectivity index (χ3n) is 4.92. The predicted molar refractivity (Wildman–Crippen MR) is 142 cm³/mol. The summed E-state index contributed by atoms with van der Waals surface area (Å²) in [5.74, 6) is 0.727. The van der Waals surface area contributed by atoms with Gasteiger partial charge in [-0.1, -0.05) is 79.3 Å².